The van der Waals surface area contributed by atoms with Gasteiger partial charge in [-0.2, -0.15) is 4.98 Å². The molecule has 1 aliphatic carbocycles. The fraction of sp³-hybridized carbons (Fsp3) is 0.261. The van der Waals surface area contributed by atoms with E-state index in [0.29, 0.717) is 35.3 Å². The molecule has 1 aromatic heterocycles. The number of carbonyl (C=O) groups excluding carboxylic acids is 1. The number of hydrogen-bond acceptors (Lipinski definition) is 7. The Bertz CT molecular complexity index is 1210. The van der Waals surface area contributed by atoms with Crippen LogP contribution < -0.4 is 14.8 Å². The fourth-order valence-corrected chi connectivity index (χ4v) is 4.26. The van der Waals surface area contributed by atoms with Gasteiger partial charge in [0.25, 0.3) is 0 Å². The molecule has 8 nitrogen and oxygen atoms in total. The highest BCUT2D eigenvalue weighted by atomic mass is 16.5. The first kappa shape index (κ1) is 19.2. The number of phenols is 1. The highest BCUT2D eigenvalue weighted by Crippen LogP contribution is 2.41. The van der Waals surface area contributed by atoms with E-state index >= 15 is 0 Å². The summed E-state index contributed by atoms with van der Waals surface area (Å²) in [7, 11) is 3.17. The van der Waals surface area contributed by atoms with Crippen LogP contribution in [0, 0.1) is 0 Å². The summed E-state index contributed by atoms with van der Waals surface area (Å²) < 4.78 is 12.5. The summed E-state index contributed by atoms with van der Waals surface area (Å²) >= 11 is 0. The molecule has 2 aliphatic rings. The lowest BCUT2D eigenvalue weighted by Crippen LogP contribution is -2.31. The Hall–Kier alpha value is -3.81. The molecule has 0 radical (unpaired) electrons. The van der Waals surface area contributed by atoms with Crippen molar-refractivity contribution in [3.63, 3.8) is 0 Å². The number of nitrogens with zero attached hydrogens (tertiary/aromatic N) is 3. The zero-order chi connectivity index (χ0) is 21.5. The van der Waals surface area contributed by atoms with Gasteiger partial charge in [0.15, 0.2) is 23.1 Å². The van der Waals surface area contributed by atoms with Crippen LogP contribution in [0.15, 0.2) is 53.7 Å². The number of nitrogens with one attached hydrogen (secondary N) is 1. The molecule has 0 saturated carbocycles. The molecule has 1 aliphatic heterocycles. The van der Waals surface area contributed by atoms with Gasteiger partial charge in [-0.05, 0) is 48.7 Å². The predicted octanol–water partition coefficient (Wildman–Crippen LogP) is 3.69. The Morgan fingerprint density at radius 1 is 1.10 bits per heavy atom. The second-order valence-corrected chi connectivity index (χ2v) is 7.56. The number of ketones is 1. The molecule has 2 aromatic carbocycles. The molecule has 1 atom stereocenters. The van der Waals surface area contributed by atoms with Crippen molar-refractivity contribution in [2.75, 3.05) is 19.5 Å². The quantitative estimate of drug-likeness (QED) is 0.667. The maximum absolute atomic E-state index is 12.9. The van der Waals surface area contributed by atoms with Crippen LogP contribution in [0.2, 0.25) is 0 Å². The molecule has 0 fully saturated rings. The number of carbonyl (C=O) groups is 1. The van der Waals surface area contributed by atoms with Crippen LogP contribution in [0.1, 0.15) is 30.9 Å². The zero-order valence-electron chi connectivity index (χ0n) is 17.3. The Kier molecular flexibility index (Phi) is 4.62. The van der Waals surface area contributed by atoms with E-state index in [4.69, 9.17) is 19.6 Å². The molecule has 2 heterocycles. The maximum atomic E-state index is 12.9. The van der Waals surface area contributed by atoms with Gasteiger partial charge in [-0.3, -0.25) is 4.79 Å². The van der Waals surface area contributed by atoms with Gasteiger partial charge in [-0.15, -0.1) is 5.10 Å². The maximum Gasteiger partial charge on any atom is 0.226 e. The van der Waals surface area contributed by atoms with Crippen LogP contribution in [0.4, 0.5) is 5.95 Å². The Morgan fingerprint density at radius 2 is 1.94 bits per heavy atom. The molecule has 0 bridgehead atoms. The molecule has 1 unspecified atom stereocenters. The standard InChI is InChI=1S/C23H22N4O4/c1-30-18-10-9-14(12-19(18)31-2)22-25-23-24-16-7-4-8-17(29)20(16)21(27(23)26-22)13-5-3-6-15(28)11-13/h3,5-6,9-12,21,28H,4,7-8H2,1-2H3,(H,24,25,26). The Labute approximate surface area is 179 Å². The van der Waals surface area contributed by atoms with E-state index in [1.54, 1.807) is 43.2 Å². The molecule has 8 heteroatoms. The summed E-state index contributed by atoms with van der Waals surface area (Å²) in [6.45, 7) is 0. The van der Waals surface area contributed by atoms with Crippen LogP contribution in [0.25, 0.3) is 11.4 Å². The van der Waals surface area contributed by atoms with Gasteiger partial charge in [0, 0.05) is 23.3 Å². The molecule has 2 N–H and O–H groups in total. The Morgan fingerprint density at radius 3 is 2.71 bits per heavy atom. The lowest BCUT2D eigenvalue weighted by atomic mass is 9.85. The van der Waals surface area contributed by atoms with Gasteiger partial charge >= 0.3 is 0 Å². The smallest absolute Gasteiger partial charge is 0.226 e. The highest BCUT2D eigenvalue weighted by molar-refractivity contribution is 5.99. The van der Waals surface area contributed by atoms with Gasteiger partial charge in [-0.1, -0.05) is 12.1 Å². The first-order valence-electron chi connectivity index (χ1n) is 10.1. The van der Waals surface area contributed by atoms with Crippen LogP contribution in [-0.2, 0) is 4.79 Å². The van der Waals surface area contributed by atoms with Crippen molar-refractivity contribution in [3.05, 3.63) is 59.3 Å². The van der Waals surface area contributed by atoms with Crippen molar-refractivity contribution in [2.24, 2.45) is 0 Å². The number of methoxy groups -OCH3 is 2. The molecule has 31 heavy (non-hydrogen) atoms. The normalized spacial score (nSPS) is 17.6. The molecule has 158 valence electrons. The van der Waals surface area contributed by atoms with Gasteiger partial charge in [0.1, 0.15) is 11.8 Å². The van der Waals surface area contributed by atoms with E-state index in [0.717, 1.165) is 29.7 Å². The second kappa shape index (κ2) is 7.46. The average molecular weight is 418 g/mol. The minimum Gasteiger partial charge on any atom is -0.508 e. The number of hydrogen-bond donors (Lipinski definition) is 2. The molecule has 5 rings (SSSR count). The van der Waals surface area contributed by atoms with Crippen LogP contribution in [-0.4, -0.2) is 39.9 Å². The molecule has 0 spiro atoms. The van der Waals surface area contributed by atoms with Crippen molar-refractivity contribution in [2.45, 2.75) is 25.3 Å². The highest BCUT2D eigenvalue weighted by Gasteiger charge is 2.37. The third-order valence-corrected chi connectivity index (χ3v) is 5.70. The van der Waals surface area contributed by atoms with E-state index in [-0.39, 0.29) is 11.5 Å². The summed E-state index contributed by atoms with van der Waals surface area (Å²) in [6, 6.07) is 12.0. The predicted molar refractivity (Wildman–Crippen MR) is 114 cm³/mol. The van der Waals surface area contributed by atoms with E-state index < -0.39 is 6.04 Å². The lowest BCUT2D eigenvalue weighted by Gasteiger charge is -2.32. The molecular formula is C23H22N4O4. The van der Waals surface area contributed by atoms with Crippen LogP contribution in [0.3, 0.4) is 0 Å². The number of ether oxygens (including phenoxy) is 2. The first-order chi connectivity index (χ1) is 15.1. The summed E-state index contributed by atoms with van der Waals surface area (Å²) in [6.07, 6.45) is 2.07. The summed E-state index contributed by atoms with van der Waals surface area (Å²) in [5.74, 6) is 2.50. The topological polar surface area (TPSA) is 98.5 Å². The summed E-state index contributed by atoms with van der Waals surface area (Å²) in [4.78, 5) is 17.6. The number of phenolic OH excluding ortho intramolecular Hbond substituents is 1. The largest absolute Gasteiger partial charge is 0.508 e. The van der Waals surface area contributed by atoms with Crippen molar-refractivity contribution >= 4 is 11.7 Å². The molecule has 3 aromatic rings. The Balaban J connectivity index is 1.65. The SMILES string of the molecule is COc1ccc(-c2nc3n(n2)C(c2cccc(O)c2)C2=C(CCCC2=O)N3)cc1OC. The summed E-state index contributed by atoms with van der Waals surface area (Å²) in [5.41, 5.74) is 3.12. The van der Waals surface area contributed by atoms with Crippen molar-refractivity contribution < 1.29 is 19.4 Å². The van der Waals surface area contributed by atoms with E-state index in [1.165, 1.54) is 0 Å². The third kappa shape index (κ3) is 3.20. The molecular weight excluding hydrogens is 396 g/mol. The zero-order valence-corrected chi connectivity index (χ0v) is 17.3. The van der Waals surface area contributed by atoms with E-state index in [9.17, 15) is 9.90 Å². The monoisotopic (exact) mass is 418 g/mol. The van der Waals surface area contributed by atoms with Crippen molar-refractivity contribution in [1.82, 2.24) is 14.8 Å². The number of anilines is 1. The number of aromatic hydroxyl groups is 1. The van der Waals surface area contributed by atoms with E-state index in [2.05, 4.69) is 5.32 Å². The number of aromatic nitrogens is 3. The average Bonchev–Trinajstić information content (AvgIpc) is 3.21. The van der Waals surface area contributed by atoms with Gasteiger partial charge < -0.3 is 19.9 Å². The summed E-state index contributed by atoms with van der Waals surface area (Å²) in [5, 5.41) is 18.1. The van der Waals surface area contributed by atoms with Gasteiger partial charge in [-0.25, -0.2) is 4.68 Å². The first-order valence-corrected chi connectivity index (χ1v) is 10.1. The molecule has 0 saturated heterocycles. The third-order valence-electron chi connectivity index (χ3n) is 5.70. The fourth-order valence-electron chi connectivity index (χ4n) is 4.26. The number of allylic oxidation sites excluding steroid dienone is 2. The number of Topliss-reactive ketones (excluding diaryl/α,β-unsaturated/α-hetero) is 1. The van der Waals surface area contributed by atoms with Crippen molar-refractivity contribution in [1.29, 1.82) is 0 Å². The lowest BCUT2D eigenvalue weighted by molar-refractivity contribution is -0.116. The second-order valence-electron chi connectivity index (χ2n) is 7.56. The van der Waals surface area contributed by atoms with Gasteiger partial charge in [0.2, 0.25) is 5.95 Å². The van der Waals surface area contributed by atoms with Crippen LogP contribution in [0.5, 0.6) is 17.2 Å². The van der Waals surface area contributed by atoms with Crippen LogP contribution >= 0.6 is 0 Å². The minimum atomic E-state index is -0.451. The number of benzene rings is 2. The minimum absolute atomic E-state index is 0.0934. The molecule has 0 amide bonds. The number of fused-ring (bicyclic) bond motifs is 1. The van der Waals surface area contributed by atoms with Gasteiger partial charge in [0.05, 0.1) is 14.2 Å². The van der Waals surface area contributed by atoms with E-state index in [1.807, 2.05) is 18.2 Å². The number of rotatable bonds is 4. The van der Waals surface area contributed by atoms with Crippen molar-refractivity contribution in [3.8, 4) is 28.6 Å².